The summed E-state index contributed by atoms with van der Waals surface area (Å²) in [7, 11) is -1.92. The standard InChI is InChI=1S/C25H44ClNO3Si/c1-11-14-22(29)27-23(24(3,4)5)21(28)16-13-12-15-20(18-17-19(2)26)30-31(9,10)25(6,7)8/h11-14,17,20,23H,15-16,18H2,1-10H3,(H,27,29)/b13-12-,14-11-,19-17+/t20-,23-/m1/s1. The minimum Gasteiger partial charge on any atom is -0.413 e. The Balaban J connectivity index is 5.19. The van der Waals surface area contributed by atoms with Gasteiger partial charge < -0.3 is 9.74 Å². The SMILES string of the molecule is C/C=C\C(=O)N[C@H](C(=O)C/C=C\C[C@H](C/C=C(\C)Cl)O[Si](C)(C)C(C)(C)C)C(C)(C)C. The topological polar surface area (TPSA) is 55.4 Å². The Morgan fingerprint density at radius 3 is 2.10 bits per heavy atom. The Hall–Kier alpha value is -1.17. The van der Waals surface area contributed by atoms with Crippen molar-refractivity contribution in [3.05, 3.63) is 35.4 Å². The van der Waals surface area contributed by atoms with E-state index in [0.717, 1.165) is 11.5 Å². The van der Waals surface area contributed by atoms with Gasteiger partial charge >= 0.3 is 0 Å². The smallest absolute Gasteiger partial charge is 0.244 e. The molecule has 2 atom stereocenters. The van der Waals surface area contributed by atoms with E-state index in [1.807, 2.05) is 45.9 Å². The van der Waals surface area contributed by atoms with Gasteiger partial charge in [-0.1, -0.05) is 77.4 Å². The lowest BCUT2D eigenvalue weighted by Gasteiger charge is -2.39. The van der Waals surface area contributed by atoms with Crippen molar-refractivity contribution < 1.29 is 14.0 Å². The van der Waals surface area contributed by atoms with Crippen LogP contribution >= 0.6 is 11.6 Å². The summed E-state index contributed by atoms with van der Waals surface area (Å²) in [4.78, 5) is 24.8. The van der Waals surface area contributed by atoms with Crippen LogP contribution in [0.4, 0.5) is 0 Å². The Morgan fingerprint density at radius 2 is 1.65 bits per heavy atom. The summed E-state index contributed by atoms with van der Waals surface area (Å²) >= 11 is 6.04. The van der Waals surface area contributed by atoms with Crippen molar-refractivity contribution >= 4 is 31.6 Å². The van der Waals surface area contributed by atoms with Crippen molar-refractivity contribution in [3.63, 3.8) is 0 Å². The van der Waals surface area contributed by atoms with Crippen LogP contribution in [0, 0.1) is 5.41 Å². The first-order valence-corrected chi connectivity index (χ1v) is 14.4. The second kappa shape index (κ2) is 12.8. The monoisotopic (exact) mass is 469 g/mol. The summed E-state index contributed by atoms with van der Waals surface area (Å²) in [5.74, 6) is -0.245. The van der Waals surface area contributed by atoms with Crippen LogP contribution < -0.4 is 5.32 Å². The molecule has 0 bridgehead atoms. The van der Waals surface area contributed by atoms with Gasteiger partial charge in [0, 0.05) is 11.5 Å². The lowest BCUT2D eigenvalue weighted by molar-refractivity contribution is -0.127. The maximum absolute atomic E-state index is 12.8. The van der Waals surface area contributed by atoms with Crippen molar-refractivity contribution in [2.75, 3.05) is 0 Å². The molecule has 0 spiro atoms. The quantitative estimate of drug-likeness (QED) is 0.203. The highest BCUT2D eigenvalue weighted by Gasteiger charge is 2.38. The van der Waals surface area contributed by atoms with E-state index in [9.17, 15) is 9.59 Å². The molecule has 0 aliphatic carbocycles. The van der Waals surface area contributed by atoms with E-state index in [0.29, 0.717) is 6.42 Å². The lowest BCUT2D eigenvalue weighted by Crippen LogP contribution is -2.48. The molecule has 0 aliphatic rings. The number of carbonyl (C=O) groups excluding carboxylic acids is 2. The van der Waals surface area contributed by atoms with Crippen LogP contribution in [0.5, 0.6) is 0 Å². The zero-order chi connectivity index (χ0) is 24.5. The minimum absolute atomic E-state index is 0.0000312. The average Bonchev–Trinajstić information content (AvgIpc) is 2.58. The molecule has 31 heavy (non-hydrogen) atoms. The van der Waals surface area contributed by atoms with Crippen LogP contribution in [0.2, 0.25) is 18.1 Å². The molecule has 1 N–H and O–H groups in total. The Labute approximate surface area is 196 Å². The number of carbonyl (C=O) groups is 2. The minimum atomic E-state index is -1.92. The molecule has 0 saturated heterocycles. The molecule has 178 valence electrons. The molecule has 6 heteroatoms. The van der Waals surface area contributed by atoms with Crippen LogP contribution in [0.15, 0.2) is 35.4 Å². The third-order valence-electron chi connectivity index (χ3n) is 5.61. The molecule has 0 aromatic rings. The largest absolute Gasteiger partial charge is 0.413 e. The molecular formula is C25H44ClNO3Si. The number of Topliss-reactive ketones (excluding diaryl/α,β-unsaturated/α-hetero) is 1. The molecule has 0 fully saturated rings. The zero-order valence-electron chi connectivity index (χ0n) is 21.3. The molecule has 0 heterocycles. The fraction of sp³-hybridized carbons (Fsp3) is 0.680. The van der Waals surface area contributed by atoms with Gasteiger partial charge in [-0.25, -0.2) is 0 Å². The number of rotatable bonds is 11. The highest BCUT2D eigenvalue weighted by Crippen LogP contribution is 2.38. The van der Waals surface area contributed by atoms with Crippen LogP contribution in [0.1, 0.15) is 74.7 Å². The van der Waals surface area contributed by atoms with Crippen LogP contribution in [-0.2, 0) is 14.0 Å². The number of halogens is 1. The second-order valence-corrected chi connectivity index (χ2v) is 16.1. The molecule has 0 aromatic carbocycles. The molecule has 1 amide bonds. The summed E-state index contributed by atoms with van der Waals surface area (Å²) in [6.45, 7) is 20.7. The van der Waals surface area contributed by atoms with Crippen molar-refractivity contribution in [3.8, 4) is 0 Å². The first kappa shape index (κ1) is 29.8. The second-order valence-electron chi connectivity index (χ2n) is 10.7. The van der Waals surface area contributed by atoms with Gasteiger partial charge in [-0.2, -0.15) is 0 Å². The number of nitrogens with one attached hydrogen (secondary N) is 1. The summed E-state index contributed by atoms with van der Waals surface area (Å²) in [6, 6.07) is -0.540. The maximum Gasteiger partial charge on any atom is 0.244 e. The van der Waals surface area contributed by atoms with E-state index < -0.39 is 14.4 Å². The zero-order valence-corrected chi connectivity index (χ0v) is 23.0. The number of allylic oxidation sites excluding steroid dienone is 3. The van der Waals surface area contributed by atoms with E-state index in [-0.39, 0.29) is 34.7 Å². The van der Waals surface area contributed by atoms with Gasteiger partial charge in [0.05, 0.1) is 12.1 Å². The van der Waals surface area contributed by atoms with Crippen molar-refractivity contribution in [1.29, 1.82) is 0 Å². The normalized spacial score (nSPS) is 16.0. The molecule has 0 radical (unpaired) electrons. The Kier molecular flexibility index (Phi) is 12.3. The van der Waals surface area contributed by atoms with Gasteiger partial charge in [0.1, 0.15) is 0 Å². The molecule has 0 aliphatic heterocycles. The van der Waals surface area contributed by atoms with Crippen LogP contribution in [-0.4, -0.2) is 32.2 Å². The number of ketones is 1. The van der Waals surface area contributed by atoms with Crippen LogP contribution in [0.3, 0.4) is 0 Å². The van der Waals surface area contributed by atoms with E-state index in [2.05, 4.69) is 39.2 Å². The number of amides is 1. The summed E-state index contributed by atoms with van der Waals surface area (Å²) in [5.41, 5.74) is -0.362. The van der Waals surface area contributed by atoms with Crippen molar-refractivity contribution in [2.45, 2.75) is 105 Å². The summed E-state index contributed by atoms with van der Waals surface area (Å²) in [5, 5.41) is 3.72. The van der Waals surface area contributed by atoms with E-state index in [1.165, 1.54) is 6.08 Å². The van der Waals surface area contributed by atoms with Gasteiger partial charge in [0.25, 0.3) is 0 Å². The first-order chi connectivity index (χ1) is 14.0. The third kappa shape index (κ3) is 11.9. The van der Waals surface area contributed by atoms with E-state index in [1.54, 1.807) is 13.0 Å². The summed E-state index contributed by atoms with van der Waals surface area (Å²) < 4.78 is 6.58. The van der Waals surface area contributed by atoms with E-state index in [4.69, 9.17) is 16.0 Å². The van der Waals surface area contributed by atoms with Crippen molar-refractivity contribution in [1.82, 2.24) is 5.32 Å². The molecular weight excluding hydrogens is 426 g/mol. The van der Waals surface area contributed by atoms with Gasteiger partial charge in [-0.3, -0.25) is 9.59 Å². The summed E-state index contributed by atoms with van der Waals surface area (Å²) in [6.07, 6.45) is 10.8. The maximum atomic E-state index is 12.8. The third-order valence-corrected chi connectivity index (χ3v) is 10.3. The molecule has 4 nitrogen and oxygen atoms in total. The predicted octanol–water partition coefficient (Wildman–Crippen LogP) is 6.92. The van der Waals surface area contributed by atoms with Gasteiger partial charge in [0.15, 0.2) is 14.1 Å². The first-order valence-electron chi connectivity index (χ1n) is 11.1. The molecule has 0 rings (SSSR count). The van der Waals surface area contributed by atoms with E-state index >= 15 is 0 Å². The van der Waals surface area contributed by atoms with Gasteiger partial charge in [0.2, 0.25) is 5.91 Å². The average molecular weight is 470 g/mol. The Bertz CT molecular complexity index is 678. The lowest BCUT2D eigenvalue weighted by atomic mass is 9.83. The molecule has 0 unspecified atom stereocenters. The molecule has 0 saturated carbocycles. The van der Waals surface area contributed by atoms with Gasteiger partial charge in [-0.05, 0) is 56.3 Å². The van der Waals surface area contributed by atoms with Gasteiger partial charge in [-0.15, -0.1) is 0 Å². The number of hydrogen-bond donors (Lipinski definition) is 1. The Morgan fingerprint density at radius 1 is 1.06 bits per heavy atom. The van der Waals surface area contributed by atoms with Crippen LogP contribution in [0.25, 0.3) is 0 Å². The predicted molar refractivity (Wildman–Crippen MR) is 136 cm³/mol. The molecule has 0 aromatic heterocycles. The fourth-order valence-electron chi connectivity index (χ4n) is 2.77. The highest BCUT2D eigenvalue weighted by atomic mass is 35.5. The highest BCUT2D eigenvalue weighted by molar-refractivity contribution is 6.74. The number of hydrogen-bond acceptors (Lipinski definition) is 3. The fourth-order valence-corrected chi connectivity index (χ4v) is 4.24. The van der Waals surface area contributed by atoms with Crippen molar-refractivity contribution in [2.24, 2.45) is 5.41 Å².